The second-order valence-corrected chi connectivity index (χ2v) is 4.59. The smallest absolute Gasteiger partial charge is 0.409 e. The first-order valence-electron chi connectivity index (χ1n) is 5.14. The summed E-state index contributed by atoms with van der Waals surface area (Å²) in [6.07, 6.45) is 1.33. The van der Waals surface area contributed by atoms with E-state index in [1.807, 2.05) is 6.92 Å². The highest BCUT2D eigenvalue weighted by molar-refractivity contribution is 6.43. The van der Waals surface area contributed by atoms with Crippen LogP contribution in [0.3, 0.4) is 0 Å². The predicted molar refractivity (Wildman–Crippen MR) is 70.4 cm³/mol. The van der Waals surface area contributed by atoms with Crippen LogP contribution in [0.15, 0.2) is 12.1 Å². The van der Waals surface area contributed by atoms with E-state index in [1.54, 1.807) is 0 Å². The quantitative estimate of drug-likeness (QED) is 0.654. The standard InChI is InChI=1S/C11H12Cl3NO2/c1-2-3-4-15-11(16)17-10-6-8(13)7(12)5-9(10)14/h5-6H,2-4H2,1H3,(H,15,16). The Morgan fingerprint density at radius 1 is 1.24 bits per heavy atom. The third kappa shape index (κ3) is 4.62. The Morgan fingerprint density at radius 3 is 2.53 bits per heavy atom. The first-order valence-corrected chi connectivity index (χ1v) is 6.28. The number of nitrogens with one attached hydrogen (secondary N) is 1. The van der Waals surface area contributed by atoms with E-state index in [0.717, 1.165) is 12.8 Å². The molecule has 0 aliphatic rings. The third-order valence-corrected chi connectivity index (χ3v) is 2.99. The third-order valence-electron chi connectivity index (χ3n) is 1.98. The Bertz CT molecular complexity index is 410. The van der Waals surface area contributed by atoms with Gasteiger partial charge in [0.2, 0.25) is 0 Å². The highest BCUT2D eigenvalue weighted by Gasteiger charge is 2.10. The monoisotopic (exact) mass is 295 g/mol. The van der Waals surface area contributed by atoms with Gasteiger partial charge in [-0.3, -0.25) is 0 Å². The molecule has 0 heterocycles. The summed E-state index contributed by atoms with van der Waals surface area (Å²) in [5, 5.41) is 3.44. The first-order chi connectivity index (χ1) is 8.04. The molecule has 1 N–H and O–H groups in total. The number of carbonyl (C=O) groups is 1. The van der Waals surface area contributed by atoms with Crippen LogP contribution in [0.1, 0.15) is 19.8 Å². The van der Waals surface area contributed by atoms with E-state index in [-0.39, 0.29) is 15.8 Å². The topological polar surface area (TPSA) is 38.3 Å². The molecule has 0 atom stereocenters. The van der Waals surface area contributed by atoms with Crippen LogP contribution in [-0.4, -0.2) is 12.6 Å². The van der Waals surface area contributed by atoms with Crippen LogP contribution >= 0.6 is 34.8 Å². The molecule has 0 aliphatic carbocycles. The molecule has 0 bridgehead atoms. The first kappa shape index (κ1) is 14.4. The number of hydrogen-bond acceptors (Lipinski definition) is 2. The van der Waals surface area contributed by atoms with Crippen LogP contribution in [0, 0.1) is 0 Å². The molecule has 6 heteroatoms. The zero-order valence-corrected chi connectivity index (χ0v) is 11.5. The average molecular weight is 297 g/mol. The predicted octanol–water partition coefficient (Wildman–Crippen LogP) is 4.54. The Labute approximate surface area is 115 Å². The number of hydrogen-bond donors (Lipinski definition) is 1. The average Bonchev–Trinajstić information content (AvgIpc) is 2.26. The lowest BCUT2D eigenvalue weighted by atomic mass is 10.3. The summed E-state index contributed by atoms with van der Waals surface area (Å²) in [6.45, 7) is 2.59. The van der Waals surface area contributed by atoms with Gasteiger partial charge in [-0.15, -0.1) is 0 Å². The fourth-order valence-electron chi connectivity index (χ4n) is 1.09. The summed E-state index contributed by atoms with van der Waals surface area (Å²) < 4.78 is 5.00. The molecule has 17 heavy (non-hydrogen) atoms. The van der Waals surface area contributed by atoms with E-state index in [2.05, 4.69) is 5.32 Å². The van der Waals surface area contributed by atoms with Crippen molar-refractivity contribution < 1.29 is 9.53 Å². The molecule has 1 aromatic rings. The minimum atomic E-state index is -0.557. The lowest BCUT2D eigenvalue weighted by Crippen LogP contribution is -2.27. The molecule has 1 amide bonds. The molecular formula is C11H12Cl3NO2. The minimum absolute atomic E-state index is 0.190. The molecule has 0 radical (unpaired) electrons. The van der Waals surface area contributed by atoms with Gasteiger partial charge in [0.05, 0.1) is 15.1 Å². The number of halogens is 3. The summed E-state index contributed by atoms with van der Waals surface area (Å²) in [5.74, 6) is 0.190. The van der Waals surface area contributed by atoms with Crippen LogP contribution in [0.2, 0.25) is 15.1 Å². The highest BCUT2D eigenvalue weighted by atomic mass is 35.5. The maximum Gasteiger partial charge on any atom is 0.412 e. The van der Waals surface area contributed by atoms with Crippen molar-refractivity contribution in [2.75, 3.05) is 6.54 Å². The number of ether oxygens (including phenoxy) is 1. The van der Waals surface area contributed by atoms with Gasteiger partial charge in [-0.1, -0.05) is 48.1 Å². The SMILES string of the molecule is CCCCNC(=O)Oc1cc(Cl)c(Cl)cc1Cl. The van der Waals surface area contributed by atoms with Crippen molar-refractivity contribution in [3.8, 4) is 5.75 Å². The number of benzene rings is 1. The summed E-state index contributed by atoms with van der Waals surface area (Å²) >= 11 is 17.4. The normalized spacial score (nSPS) is 10.1. The van der Waals surface area contributed by atoms with Gasteiger partial charge in [-0.25, -0.2) is 4.79 Å². The number of carbonyl (C=O) groups excluding carboxylic acids is 1. The number of rotatable bonds is 4. The van der Waals surface area contributed by atoms with E-state index in [0.29, 0.717) is 11.6 Å². The lowest BCUT2D eigenvalue weighted by Gasteiger charge is -2.08. The van der Waals surface area contributed by atoms with Crippen LogP contribution < -0.4 is 10.1 Å². The Balaban J connectivity index is 2.62. The van der Waals surface area contributed by atoms with Crippen molar-refractivity contribution >= 4 is 40.9 Å². The molecule has 0 saturated carbocycles. The molecule has 0 saturated heterocycles. The van der Waals surface area contributed by atoms with Crippen LogP contribution in [-0.2, 0) is 0 Å². The fraction of sp³-hybridized carbons (Fsp3) is 0.364. The molecule has 0 spiro atoms. The Morgan fingerprint density at radius 2 is 1.88 bits per heavy atom. The maximum absolute atomic E-state index is 11.4. The summed E-state index contributed by atoms with van der Waals surface area (Å²) in [6, 6.07) is 2.84. The van der Waals surface area contributed by atoms with Gasteiger partial charge in [-0.2, -0.15) is 0 Å². The maximum atomic E-state index is 11.4. The molecular weight excluding hydrogens is 284 g/mol. The van der Waals surface area contributed by atoms with E-state index >= 15 is 0 Å². The minimum Gasteiger partial charge on any atom is -0.409 e. The lowest BCUT2D eigenvalue weighted by molar-refractivity contribution is 0.200. The molecule has 1 aromatic carbocycles. The van der Waals surface area contributed by atoms with Gasteiger partial charge in [-0.05, 0) is 12.5 Å². The van der Waals surface area contributed by atoms with Gasteiger partial charge < -0.3 is 10.1 Å². The van der Waals surface area contributed by atoms with Gasteiger partial charge in [0.25, 0.3) is 0 Å². The van der Waals surface area contributed by atoms with E-state index in [4.69, 9.17) is 39.5 Å². The van der Waals surface area contributed by atoms with Crippen molar-refractivity contribution in [3.63, 3.8) is 0 Å². The van der Waals surface area contributed by atoms with Crippen LogP contribution in [0.5, 0.6) is 5.75 Å². The highest BCUT2D eigenvalue weighted by Crippen LogP contribution is 2.33. The van der Waals surface area contributed by atoms with Gasteiger partial charge >= 0.3 is 6.09 Å². The number of unbranched alkanes of at least 4 members (excludes halogenated alkanes) is 1. The van der Waals surface area contributed by atoms with Crippen molar-refractivity contribution in [3.05, 3.63) is 27.2 Å². The molecule has 0 unspecified atom stereocenters. The van der Waals surface area contributed by atoms with E-state index < -0.39 is 6.09 Å². The zero-order valence-electron chi connectivity index (χ0n) is 9.23. The van der Waals surface area contributed by atoms with Crippen molar-refractivity contribution in [2.24, 2.45) is 0 Å². The van der Waals surface area contributed by atoms with E-state index in [1.165, 1.54) is 12.1 Å². The van der Waals surface area contributed by atoms with Crippen molar-refractivity contribution in [1.29, 1.82) is 0 Å². The largest absolute Gasteiger partial charge is 0.412 e. The second-order valence-electron chi connectivity index (χ2n) is 3.37. The van der Waals surface area contributed by atoms with Crippen molar-refractivity contribution in [1.82, 2.24) is 5.32 Å². The Kier molecular flexibility index (Phi) is 5.89. The molecule has 1 rings (SSSR count). The van der Waals surface area contributed by atoms with Crippen LogP contribution in [0.4, 0.5) is 4.79 Å². The molecule has 0 fully saturated rings. The molecule has 3 nitrogen and oxygen atoms in total. The zero-order chi connectivity index (χ0) is 12.8. The van der Waals surface area contributed by atoms with Gasteiger partial charge in [0.1, 0.15) is 0 Å². The summed E-state index contributed by atoms with van der Waals surface area (Å²) in [7, 11) is 0. The summed E-state index contributed by atoms with van der Waals surface area (Å²) in [4.78, 5) is 11.4. The molecule has 0 aliphatic heterocycles. The van der Waals surface area contributed by atoms with Gasteiger partial charge in [0, 0.05) is 12.6 Å². The fourth-order valence-corrected chi connectivity index (χ4v) is 1.66. The summed E-state index contributed by atoms with van der Waals surface area (Å²) in [5.41, 5.74) is 0. The van der Waals surface area contributed by atoms with Crippen molar-refractivity contribution in [2.45, 2.75) is 19.8 Å². The Hall–Kier alpha value is -0.640. The molecule has 0 aromatic heterocycles. The molecule has 94 valence electrons. The van der Waals surface area contributed by atoms with Crippen LogP contribution in [0.25, 0.3) is 0 Å². The van der Waals surface area contributed by atoms with Gasteiger partial charge in [0.15, 0.2) is 5.75 Å². The second kappa shape index (κ2) is 6.94. The number of amides is 1. The van der Waals surface area contributed by atoms with E-state index in [9.17, 15) is 4.79 Å².